The van der Waals surface area contributed by atoms with Crippen LogP contribution in [0.25, 0.3) is 0 Å². The lowest BCUT2D eigenvalue weighted by Gasteiger charge is -2.23. The average molecular weight is 303 g/mol. The summed E-state index contributed by atoms with van der Waals surface area (Å²) in [4.78, 5) is 36.3. The van der Waals surface area contributed by atoms with Gasteiger partial charge in [-0.25, -0.2) is 9.18 Å². The van der Waals surface area contributed by atoms with E-state index in [2.05, 4.69) is 4.74 Å². The summed E-state index contributed by atoms with van der Waals surface area (Å²) >= 11 is 0. The Balaban J connectivity index is 2.54. The normalized spacial score (nSPS) is 22.0. The number of amides is 1. The van der Waals surface area contributed by atoms with E-state index in [1.54, 1.807) is 20.8 Å². The Labute approximate surface area is 123 Å². The molecule has 7 heteroatoms. The second kappa shape index (κ2) is 6.87. The smallest absolute Gasteiger partial charge is 0.328 e. The monoisotopic (exact) mass is 303 g/mol. The molecule has 1 heterocycles. The van der Waals surface area contributed by atoms with Crippen LogP contribution >= 0.6 is 0 Å². The predicted molar refractivity (Wildman–Crippen MR) is 72.1 cm³/mol. The van der Waals surface area contributed by atoms with Crippen molar-refractivity contribution >= 4 is 17.8 Å². The highest BCUT2D eigenvalue weighted by Gasteiger charge is 2.40. The van der Waals surface area contributed by atoms with Crippen LogP contribution in [0.2, 0.25) is 0 Å². The molecular weight excluding hydrogens is 281 g/mol. The molecule has 0 unspecified atom stereocenters. The topological polar surface area (TPSA) is 72.9 Å². The zero-order chi connectivity index (χ0) is 16.2. The minimum atomic E-state index is -1.25. The molecule has 0 radical (unpaired) electrons. The molecule has 0 aromatic rings. The van der Waals surface area contributed by atoms with E-state index >= 15 is 0 Å². The minimum Gasteiger partial charge on any atom is -0.467 e. The van der Waals surface area contributed by atoms with Crippen LogP contribution in [0.3, 0.4) is 0 Å². The Hall–Kier alpha value is -1.66. The van der Waals surface area contributed by atoms with E-state index in [9.17, 15) is 18.8 Å². The maximum absolute atomic E-state index is 13.4. The molecule has 6 nitrogen and oxygen atoms in total. The summed E-state index contributed by atoms with van der Waals surface area (Å²) in [6.07, 6.45) is -1.53. The Morgan fingerprint density at radius 2 is 1.86 bits per heavy atom. The molecular formula is C14H22FNO5. The Bertz CT molecular complexity index is 418. The Kier molecular flexibility index (Phi) is 5.69. The number of halogens is 1. The Morgan fingerprint density at radius 3 is 2.38 bits per heavy atom. The van der Waals surface area contributed by atoms with Crippen LogP contribution in [-0.4, -0.2) is 54.2 Å². The van der Waals surface area contributed by atoms with Gasteiger partial charge in [0.2, 0.25) is 5.91 Å². The number of ether oxygens (including phenoxy) is 2. The van der Waals surface area contributed by atoms with Crippen molar-refractivity contribution in [3.63, 3.8) is 0 Å². The lowest BCUT2D eigenvalue weighted by atomic mass is 10.2. The molecule has 0 aliphatic carbocycles. The van der Waals surface area contributed by atoms with Gasteiger partial charge in [0, 0.05) is 12.8 Å². The molecule has 1 fully saturated rings. The number of hydrogen-bond donors (Lipinski definition) is 0. The first-order valence-electron chi connectivity index (χ1n) is 6.87. The molecule has 0 aromatic heterocycles. The highest BCUT2D eigenvalue weighted by atomic mass is 19.1. The fourth-order valence-corrected chi connectivity index (χ4v) is 2.16. The van der Waals surface area contributed by atoms with Gasteiger partial charge in [-0.2, -0.15) is 0 Å². The van der Waals surface area contributed by atoms with Crippen LogP contribution in [0, 0.1) is 0 Å². The summed E-state index contributed by atoms with van der Waals surface area (Å²) in [5.41, 5.74) is -0.619. The van der Waals surface area contributed by atoms with Crippen LogP contribution in [0.15, 0.2) is 0 Å². The zero-order valence-corrected chi connectivity index (χ0v) is 12.8. The van der Waals surface area contributed by atoms with Gasteiger partial charge in [-0.1, -0.05) is 0 Å². The first-order valence-corrected chi connectivity index (χ1v) is 6.87. The van der Waals surface area contributed by atoms with Gasteiger partial charge in [-0.15, -0.1) is 0 Å². The third-order valence-corrected chi connectivity index (χ3v) is 3.01. The molecule has 0 saturated carbocycles. The van der Waals surface area contributed by atoms with E-state index in [4.69, 9.17) is 4.74 Å². The molecule has 0 aromatic carbocycles. The van der Waals surface area contributed by atoms with Crippen molar-refractivity contribution in [2.75, 3.05) is 13.7 Å². The maximum atomic E-state index is 13.4. The van der Waals surface area contributed by atoms with Crippen LogP contribution < -0.4 is 0 Å². The second-order valence-electron chi connectivity index (χ2n) is 6.00. The summed E-state index contributed by atoms with van der Waals surface area (Å²) in [6.45, 7) is 5.05. The standard InChI is InChI=1S/C14H22FNO5/c1-14(2,3)21-12(18)6-5-11(17)16-8-9(15)7-10(16)13(19)20-4/h9-10H,5-8H2,1-4H3/t9-,10-/m1/s1. The third kappa shape index (κ3) is 5.32. The molecule has 0 N–H and O–H groups in total. The number of hydrogen-bond acceptors (Lipinski definition) is 5. The fraction of sp³-hybridized carbons (Fsp3) is 0.786. The number of nitrogens with zero attached hydrogens (tertiary/aromatic N) is 1. The number of rotatable bonds is 4. The highest BCUT2D eigenvalue weighted by Crippen LogP contribution is 2.23. The van der Waals surface area contributed by atoms with Gasteiger partial charge in [0.05, 0.1) is 20.1 Å². The van der Waals surface area contributed by atoms with Crippen LogP contribution in [-0.2, 0) is 23.9 Å². The first-order chi connectivity index (χ1) is 9.64. The van der Waals surface area contributed by atoms with E-state index in [-0.39, 0.29) is 25.8 Å². The summed E-state index contributed by atoms with van der Waals surface area (Å²) in [6, 6.07) is -0.906. The predicted octanol–water partition coefficient (Wildman–Crippen LogP) is 1.22. The van der Waals surface area contributed by atoms with Crippen molar-refractivity contribution in [2.45, 2.75) is 57.8 Å². The van der Waals surface area contributed by atoms with Crippen LogP contribution in [0.5, 0.6) is 0 Å². The fourth-order valence-electron chi connectivity index (χ4n) is 2.16. The molecule has 2 atom stereocenters. The van der Waals surface area contributed by atoms with Gasteiger partial charge in [0.1, 0.15) is 17.8 Å². The number of carbonyl (C=O) groups excluding carboxylic acids is 3. The van der Waals surface area contributed by atoms with E-state index in [1.807, 2.05) is 0 Å². The molecule has 1 aliphatic rings. The number of alkyl halides is 1. The molecule has 0 spiro atoms. The summed E-state index contributed by atoms with van der Waals surface area (Å²) in [7, 11) is 1.19. The maximum Gasteiger partial charge on any atom is 0.328 e. The van der Waals surface area contributed by atoms with Crippen LogP contribution in [0.1, 0.15) is 40.0 Å². The minimum absolute atomic E-state index is 0.0646. The number of likely N-dealkylation sites (tertiary alicyclic amines) is 1. The SMILES string of the molecule is COC(=O)[C@H]1C[C@@H](F)CN1C(=O)CCC(=O)OC(C)(C)C. The molecule has 1 amide bonds. The molecule has 1 aliphatic heterocycles. The van der Waals surface area contributed by atoms with Gasteiger partial charge in [-0.05, 0) is 20.8 Å². The lowest BCUT2D eigenvalue weighted by molar-refractivity contribution is -0.157. The number of carbonyl (C=O) groups is 3. The van der Waals surface area contributed by atoms with Gasteiger partial charge < -0.3 is 14.4 Å². The van der Waals surface area contributed by atoms with E-state index in [0.717, 1.165) is 4.90 Å². The molecule has 120 valence electrons. The van der Waals surface area contributed by atoms with Crippen molar-refractivity contribution in [1.82, 2.24) is 4.90 Å². The van der Waals surface area contributed by atoms with Gasteiger partial charge in [0.25, 0.3) is 0 Å². The van der Waals surface area contributed by atoms with E-state index < -0.39 is 35.7 Å². The number of methoxy groups -OCH3 is 1. The van der Waals surface area contributed by atoms with Crippen molar-refractivity contribution in [1.29, 1.82) is 0 Å². The van der Waals surface area contributed by atoms with Crippen LogP contribution in [0.4, 0.5) is 4.39 Å². The zero-order valence-electron chi connectivity index (χ0n) is 12.8. The second-order valence-corrected chi connectivity index (χ2v) is 6.00. The quantitative estimate of drug-likeness (QED) is 0.730. The number of esters is 2. The third-order valence-electron chi connectivity index (χ3n) is 3.01. The van der Waals surface area contributed by atoms with E-state index in [0.29, 0.717) is 0 Å². The molecule has 0 bridgehead atoms. The van der Waals surface area contributed by atoms with Crippen molar-refractivity contribution < 1.29 is 28.2 Å². The van der Waals surface area contributed by atoms with Crippen molar-refractivity contribution in [3.05, 3.63) is 0 Å². The summed E-state index contributed by atoms with van der Waals surface area (Å²) < 4.78 is 23.1. The molecule has 1 saturated heterocycles. The summed E-state index contributed by atoms with van der Waals surface area (Å²) in [5, 5.41) is 0. The average Bonchev–Trinajstić information content (AvgIpc) is 2.75. The van der Waals surface area contributed by atoms with Gasteiger partial charge in [-0.3, -0.25) is 9.59 Å². The van der Waals surface area contributed by atoms with Gasteiger partial charge in [0.15, 0.2) is 0 Å². The van der Waals surface area contributed by atoms with E-state index in [1.165, 1.54) is 7.11 Å². The molecule has 21 heavy (non-hydrogen) atoms. The van der Waals surface area contributed by atoms with Crippen molar-refractivity contribution in [2.24, 2.45) is 0 Å². The first kappa shape index (κ1) is 17.4. The van der Waals surface area contributed by atoms with Crippen molar-refractivity contribution in [3.8, 4) is 0 Å². The largest absolute Gasteiger partial charge is 0.467 e. The lowest BCUT2D eigenvalue weighted by Crippen LogP contribution is -2.41. The molecule has 1 rings (SSSR count). The Morgan fingerprint density at radius 1 is 1.24 bits per heavy atom. The van der Waals surface area contributed by atoms with Gasteiger partial charge >= 0.3 is 11.9 Å². The highest BCUT2D eigenvalue weighted by molar-refractivity contribution is 5.87. The summed E-state index contributed by atoms with van der Waals surface area (Å²) in [5.74, 6) is -1.58.